The van der Waals surface area contributed by atoms with Crippen molar-refractivity contribution in [2.24, 2.45) is 4.99 Å². The molecule has 1 unspecified atom stereocenters. The first-order valence-electron chi connectivity index (χ1n) is 10.0. The summed E-state index contributed by atoms with van der Waals surface area (Å²) in [7, 11) is 0. The second-order valence-corrected chi connectivity index (χ2v) is 7.94. The molecule has 0 aromatic carbocycles. The molecule has 0 aliphatic carbocycles. The number of nitrogens with one attached hydrogen (secondary N) is 1. The number of ether oxygens (including phenoxy) is 3. The van der Waals surface area contributed by atoms with E-state index in [2.05, 4.69) is 19.9 Å². The number of alkyl halides is 1. The van der Waals surface area contributed by atoms with Crippen molar-refractivity contribution in [3.05, 3.63) is 48.3 Å². The van der Waals surface area contributed by atoms with E-state index < -0.39 is 12.8 Å². The molecule has 2 atom stereocenters. The lowest BCUT2D eigenvalue weighted by molar-refractivity contribution is 0.181. The van der Waals surface area contributed by atoms with Crippen molar-refractivity contribution in [2.75, 3.05) is 26.1 Å². The van der Waals surface area contributed by atoms with Crippen LogP contribution in [0.3, 0.4) is 0 Å². The van der Waals surface area contributed by atoms with E-state index in [9.17, 15) is 9.50 Å². The third-order valence-electron chi connectivity index (χ3n) is 4.59. The molecule has 10 heteroatoms. The number of rotatable bonds is 9. The Labute approximate surface area is 188 Å². The zero-order chi connectivity index (χ0) is 22.5. The summed E-state index contributed by atoms with van der Waals surface area (Å²) < 4.78 is 30.1. The zero-order valence-electron chi connectivity index (χ0n) is 17.6. The van der Waals surface area contributed by atoms with Gasteiger partial charge in [0, 0.05) is 12.1 Å². The van der Waals surface area contributed by atoms with Crippen molar-refractivity contribution < 1.29 is 23.7 Å². The molecule has 0 saturated carbocycles. The van der Waals surface area contributed by atoms with Crippen molar-refractivity contribution in [3.63, 3.8) is 0 Å². The predicted octanol–water partition coefficient (Wildman–Crippen LogP) is 3.86. The molecule has 168 valence electrons. The smallest absolute Gasteiger partial charge is 0.233 e. The van der Waals surface area contributed by atoms with Gasteiger partial charge in [-0.05, 0) is 37.4 Å². The number of halogens is 1. The van der Waals surface area contributed by atoms with Crippen LogP contribution in [-0.2, 0) is 4.74 Å². The largest absolute Gasteiger partial charge is 0.488 e. The minimum absolute atomic E-state index is 0.0712. The summed E-state index contributed by atoms with van der Waals surface area (Å²) in [5.74, 6) is 1.67. The Morgan fingerprint density at radius 1 is 1.25 bits per heavy atom. The molecule has 0 bridgehead atoms. The van der Waals surface area contributed by atoms with Crippen LogP contribution in [-0.4, -0.2) is 64.2 Å². The Balaban J connectivity index is 1.63. The van der Waals surface area contributed by atoms with Crippen LogP contribution >= 0.6 is 11.8 Å². The van der Waals surface area contributed by atoms with E-state index in [-0.39, 0.29) is 18.5 Å². The Morgan fingerprint density at radius 3 is 2.78 bits per heavy atom. The maximum Gasteiger partial charge on any atom is 0.233 e. The molecule has 4 rings (SSSR count). The number of hydrogen-bond donors (Lipinski definition) is 2. The molecule has 3 aromatic rings. The molecule has 1 aliphatic rings. The zero-order valence-corrected chi connectivity index (χ0v) is 18.4. The Hall–Kier alpha value is -3.11. The SMILES string of the molecule is CSc1ccc(Oc2cc(O[C@@H](C)CF)cc(-c3ccc(C4=NC(CO)CO4)[nH]3)n2)cn1. The van der Waals surface area contributed by atoms with Crippen LogP contribution in [0.25, 0.3) is 11.4 Å². The van der Waals surface area contributed by atoms with Gasteiger partial charge < -0.3 is 24.3 Å². The minimum Gasteiger partial charge on any atom is -0.488 e. The topological polar surface area (TPSA) is 102 Å². The van der Waals surface area contributed by atoms with E-state index in [0.717, 1.165) is 5.03 Å². The first kappa shape index (κ1) is 22.1. The van der Waals surface area contributed by atoms with Gasteiger partial charge >= 0.3 is 0 Å². The summed E-state index contributed by atoms with van der Waals surface area (Å²) in [6.07, 6.45) is 2.95. The van der Waals surface area contributed by atoms with Gasteiger partial charge in [-0.25, -0.2) is 19.4 Å². The van der Waals surface area contributed by atoms with Crippen molar-refractivity contribution in [1.29, 1.82) is 0 Å². The van der Waals surface area contributed by atoms with Crippen LogP contribution in [0.5, 0.6) is 17.4 Å². The Morgan fingerprint density at radius 2 is 2.09 bits per heavy atom. The number of hydrogen-bond acceptors (Lipinski definition) is 8. The summed E-state index contributed by atoms with van der Waals surface area (Å²) in [6.45, 7) is 1.29. The number of aliphatic hydroxyl groups excluding tert-OH is 1. The lowest BCUT2D eigenvalue weighted by Crippen LogP contribution is -2.13. The number of pyridine rings is 2. The number of thioether (sulfide) groups is 1. The number of aliphatic imine (C=N–C) groups is 1. The lowest BCUT2D eigenvalue weighted by Gasteiger charge is -2.14. The van der Waals surface area contributed by atoms with Gasteiger partial charge in [0.1, 0.15) is 42.6 Å². The monoisotopic (exact) mass is 458 g/mol. The molecule has 0 spiro atoms. The van der Waals surface area contributed by atoms with E-state index in [4.69, 9.17) is 14.2 Å². The van der Waals surface area contributed by atoms with Crippen LogP contribution in [0.4, 0.5) is 4.39 Å². The van der Waals surface area contributed by atoms with Crippen LogP contribution in [0.2, 0.25) is 0 Å². The average molecular weight is 459 g/mol. The summed E-state index contributed by atoms with van der Waals surface area (Å²) in [5.41, 5.74) is 1.89. The minimum atomic E-state index is -0.621. The summed E-state index contributed by atoms with van der Waals surface area (Å²) in [6, 6.07) is 10.4. The molecule has 32 heavy (non-hydrogen) atoms. The summed E-state index contributed by atoms with van der Waals surface area (Å²) in [4.78, 5) is 16.4. The predicted molar refractivity (Wildman–Crippen MR) is 120 cm³/mol. The Kier molecular flexibility index (Phi) is 6.91. The molecule has 4 heterocycles. The molecule has 0 saturated heterocycles. The normalized spacial score (nSPS) is 16.4. The van der Waals surface area contributed by atoms with Crippen LogP contribution in [0.15, 0.2) is 52.6 Å². The standard InChI is InChI=1S/C22H23FN4O4S/c1-13(9-23)30-16-7-19(17-4-5-18(26-17)22-25-14(11-28)12-29-22)27-20(8-16)31-15-3-6-21(32-2)24-10-15/h3-8,10,13-14,26,28H,9,11-12H2,1-2H3/t13-,14?/m0/s1. The maximum absolute atomic E-state index is 13.0. The van der Waals surface area contributed by atoms with E-state index >= 15 is 0 Å². The van der Waals surface area contributed by atoms with Gasteiger partial charge in [-0.15, -0.1) is 11.8 Å². The quantitative estimate of drug-likeness (QED) is 0.470. The van der Waals surface area contributed by atoms with E-state index in [1.807, 2.05) is 24.5 Å². The van der Waals surface area contributed by atoms with E-state index in [0.29, 0.717) is 41.1 Å². The number of aliphatic hydroxyl groups is 1. The van der Waals surface area contributed by atoms with Gasteiger partial charge in [0.15, 0.2) is 0 Å². The lowest BCUT2D eigenvalue weighted by atomic mass is 10.2. The third kappa shape index (κ3) is 5.20. The summed E-state index contributed by atoms with van der Waals surface area (Å²) >= 11 is 1.53. The van der Waals surface area contributed by atoms with Gasteiger partial charge in [-0.3, -0.25) is 0 Å². The van der Waals surface area contributed by atoms with Gasteiger partial charge in [0.25, 0.3) is 0 Å². The molecular weight excluding hydrogens is 435 g/mol. The van der Waals surface area contributed by atoms with Gasteiger partial charge in [0.05, 0.1) is 29.2 Å². The number of aromatic amines is 1. The van der Waals surface area contributed by atoms with E-state index in [1.54, 1.807) is 31.3 Å². The fourth-order valence-electron chi connectivity index (χ4n) is 3.00. The highest BCUT2D eigenvalue weighted by atomic mass is 32.2. The molecule has 0 amide bonds. The highest BCUT2D eigenvalue weighted by Gasteiger charge is 2.21. The first-order valence-corrected chi connectivity index (χ1v) is 11.2. The highest BCUT2D eigenvalue weighted by molar-refractivity contribution is 7.98. The molecule has 0 fully saturated rings. The second kappa shape index (κ2) is 10.0. The Bertz CT molecular complexity index is 1090. The van der Waals surface area contributed by atoms with Gasteiger partial charge in [0.2, 0.25) is 11.8 Å². The van der Waals surface area contributed by atoms with Crippen LogP contribution in [0, 0.1) is 0 Å². The number of H-pyrrole nitrogens is 1. The number of aromatic nitrogens is 3. The van der Waals surface area contributed by atoms with Crippen molar-refractivity contribution in [2.45, 2.75) is 24.1 Å². The van der Waals surface area contributed by atoms with Crippen LogP contribution in [0.1, 0.15) is 12.6 Å². The molecule has 0 radical (unpaired) electrons. The fraction of sp³-hybridized carbons (Fsp3) is 0.318. The molecule has 1 aliphatic heterocycles. The maximum atomic E-state index is 13.0. The van der Waals surface area contributed by atoms with Crippen molar-refractivity contribution in [3.8, 4) is 28.8 Å². The van der Waals surface area contributed by atoms with Gasteiger partial charge in [-0.2, -0.15) is 0 Å². The van der Waals surface area contributed by atoms with Crippen molar-refractivity contribution in [1.82, 2.24) is 15.0 Å². The fourth-order valence-corrected chi connectivity index (χ4v) is 3.36. The molecule has 2 N–H and O–H groups in total. The van der Waals surface area contributed by atoms with Crippen LogP contribution < -0.4 is 9.47 Å². The summed E-state index contributed by atoms with van der Waals surface area (Å²) in [5, 5.41) is 10.1. The average Bonchev–Trinajstić information content (AvgIpc) is 3.49. The highest BCUT2D eigenvalue weighted by Crippen LogP contribution is 2.30. The molecule has 3 aromatic heterocycles. The molecule has 8 nitrogen and oxygen atoms in total. The second-order valence-electron chi connectivity index (χ2n) is 7.11. The first-order chi connectivity index (χ1) is 15.6. The number of nitrogens with zero attached hydrogens (tertiary/aromatic N) is 3. The van der Waals surface area contributed by atoms with Crippen molar-refractivity contribution >= 4 is 17.7 Å². The van der Waals surface area contributed by atoms with Gasteiger partial charge in [-0.1, -0.05) is 0 Å². The third-order valence-corrected chi connectivity index (χ3v) is 5.25. The molecular formula is C22H23FN4O4S. The van der Waals surface area contributed by atoms with E-state index in [1.165, 1.54) is 11.8 Å².